The number of carbonyl (C=O) groups excluding carboxylic acids is 1. The molecular weight excluding hydrogens is 248 g/mol. The Morgan fingerprint density at radius 3 is 2.50 bits per heavy atom. The van der Waals surface area contributed by atoms with Crippen molar-refractivity contribution in [1.82, 2.24) is 10.3 Å². The second-order valence-electron chi connectivity index (χ2n) is 5.31. The van der Waals surface area contributed by atoms with Gasteiger partial charge in [-0.25, -0.2) is 0 Å². The molecule has 0 aliphatic heterocycles. The van der Waals surface area contributed by atoms with Crippen molar-refractivity contribution in [1.29, 1.82) is 0 Å². The zero-order valence-corrected chi connectivity index (χ0v) is 11.9. The van der Waals surface area contributed by atoms with Crippen LogP contribution in [0, 0.1) is 5.92 Å². The SMILES string of the molecule is CC(C)C[C@H](NC(=O)c1cccnc1)c1ccccc1. The van der Waals surface area contributed by atoms with Crippen LogP contribution < -0.4 is 5.32 Å². The fourth-order valence-corrected chi connectivity index (χ4v) is 2.17. The van der Waals surface area contributed by atoms with E-state index in [0.29, 0.717) is 11.5 Å². The number of nitrogens with zero attached hydrogens (tertiary/aromatic N) is 1. The van der Waals surface area contributed by atoms with E-state index < -0.39 is 0 Å². The van der Waals surface area contributed by atoms with E-state index in [0.717, 1.165) is 12.0 Å². The number of carbonyl (C=O) groups is 1. The lowest BCUT2D eigenvalue weighted by Crippen LogP contribution is -2.29. The van der Waals surface area contributed by atoms with Crippen molar-refractivity contribution in [2.24, 2.45) is 5.92 Å². The zero-order valence-electron chi connectivity index (χ0n) is 11.9. The molecule has 0 saturated heterocycles. The van der Waals surface area contributed by atoms with E-state index in [1.54, 1.807) is 24.5 Å². The molecule has 0 aliphatic rings. The van der Waals surface area contributed by atoms with Crippen LogP contribution in [0.2, 0.25) is 0 Å². The monoisotopic (exact) mass is 268 g/mol. The molecule has 1 atom stereocenters. The first kappa shape index (κ1) is 14.3. The van der Waals surface area contributed by atoms with Gasteiger partial charge in [0.05, 0.1) is 11.6 Å². The topological polar surface area (TPSA) is 42.0 Å². The highest BCUT2D eigenvalue weighted by molar-refractivity contribution is 5.94. The summed E-state index contributed by atoms with van der Waals surface area (Å²) in [5, 5.41) is 3.10. The van der Waals surface area contributed by atoms with Crippen molar-refractivity contribution >= 4 is 5.91 Å². The summed E-state index contributed by atoms with van der Waals surface area (Å²) in [5.41, 5.74) is 1.73. The molecule has 1 amide bonds. The summed E-state index contributed by atoms with van der Waals surface area (Å²) in [7, 11) is 0. The van der Waals surface area contributed by atoms with E-state index in [9.17, 15) is 4.79 Å². The minimum absolute atomic E-state index is 0.0314. The first-order valence-electron chi connectivity index (χ1n) is 6.92. The van der Waals surface area contributed by atoms with Gasteiger partial charge in [-0.15, -0.1) is 0 Å². The third-order valence-corrected chi connectivity index (χ3v) is 3.14. The van der Waals surface area contributed by atoms with Gasteiger partial charge in [-0.1, -0.05) is 44.2 Å². The zero-order chi connectivity index (χ0) is 14.4. The summed E-state index contributed by atoms with van der Waals surface area (Å²) in [5.74, 6) is 0.432. The van der Waals surface area contributed by atoms with Gasteiger partial charge < -0.3 is 5.32 Å². The Labute approximate surface area is 120 Å². The van der Waals surface area contributed by atoms with E-state index in [1.165, 1.54) is 0 Å². The maximum absolute atomic E-state index is 12.3. The molecule has 104 valence electrons. The van der Waals surface area contributed by atoms with Crippen LogP contribution in [-0.4, -0.2) is 10.9 Å². The molecule has 0 bridgehead atoms. The minimum atomic E-state index is -0.0763. The van der Waals surface area contributed by atoms with Gasteiger partial charge in [0.1, 0.15) is 0 Å². The third kappa shape index (κ3) is 3.92. The highest BCUT2D eigenvalue weighted by Crippen LogP contribution is 2.21. The largest absolute Gasteiger partial charge is 0.345 e. The number of rotatable bonds is 5. The molecule has 1 aromatic carbocycles. The van der Waals surface area contributed by atoms with Crippen LogP contribution in [0.1, 0.15) is 42.2 Å². The van der Waals surface area contributed by atoms with Gasteiger partial charge >= 0.3 is 0 Å². The Balaban J connectivity index is 2.14. The van der Waals surface area contributed by atoms with Gasteiger partial charge in [-0.05, 0) is 30.0 Å². The molecule has 0 spiro atoms. The van der Waals surface area contributed by atoms with Gasteiger partial charge in [0.25, 0.3) is 5.91 Å². The number of hydrogen-bond acceptors (Lipinski definition) is 2. The van der Waals surface area contributed by atoms with Gasteiger partial charge in [-0.2, -0.15) is 0 Å². The number of aromatic nitrogens is 1. The lowest BCUT2D eigenvalue weighted by Gasteiger charge is -2.21. The van der Waals surface area contributed by atoms with Crippen LogP contribution in [-0.2, 0) is 0 Å². The lowest BCUT2D eigenvalue weighted by molar-refractivity contribution is 0.0931. The smallest absolute Gasteiger partial charge is 0.253 e. The number of hydrogen-bond donors (Lipinski definition) is 1. The average Bonchev–Trinajstić information content (AvgIpc) is 2.48. The maximum Gasteiger partial charge on any atom is 0.253 e. The third-order valence-electron chi connectivity index (χ3n) is 3.14. The van der Waals surface area contributed by atoms with Gasteiger partial charge in [0, 0.05) is 12.4 Å². The van der Waals surface area contributed by atoms with E-state index in [2.05, 4.69) is 36.3 Å². The highest BCUT2D eigenvalue weighted by atomic mass is 16.1. The number of nitrogens with one attached hydrogen (secondary N) is 1. The summed E-state index contributed by atoms with van der Waals surface area (Å²) in [6.45, 7) is 4.32. The first-order valence-corrected chi connectivity index (χ1v) is 6.92. The molecule has 0 aliphatic carbocycles. The molecule has 3 heteroatoms. The van der Waals surface area contributed by atoms with Gasteiger partial charge in [-0.3, -0.25) is 9.78 Å². The normalized spacial score (nSPS) is 12.2. The highest BCUT2D eigenvalue weighted by Gasteiger charge is 2.16. The Hall–Kier alpha value is -2.16. The van der Waals surface area contributed by atoms with E-state index >= 15 is 0 Å². The minimum Gasteiger partial charge on any atom is -0.345 e. The summed E-state index contributed by atoms with van der Waals surface area (Å²) >= 11 is 0. The van der Waals surface area contributed by atoms with Crippen molar-refractivity contribution in [3.8, 4) is 0 Å². The summed E-state index contributed by atoms with van der Waals surface area (Å²) in [6, 6.07) is 13.7. The predicted molar refractivity (Wildman–Crippen MR) is 80.3 cm³/mol. The van der Waals surface area contributed by atoms with Crippen LogP contribution >= 0.6 is 0 Å². The Morgan fingerprint density at radius 1 is 1.15 bits per heavy atom. The molecule has 0 radical (unpaired) electrons. The number of benzene rings is 1. The van der Waals surface area contributed by atoms with Crippen LogP contribution in [0.4, 0.5) is 0 Å². The fourth-order valence-electron chi connectivity index (χ4n) is 2.17. The van der Waals surface area contributed by atoms with Crippen molar-refractivity contribution < 1.29 is 4.79 Å². The standard InChI is InChI=1S/C17H20N2O/c1-13(2)11-16(14-7-4-3-5-8-14)19-17(20)15-9-6-10-18-12-15/h3-10,12-13,16H,11H2,1-2H3,(H,19,20)/t16-/m0/s1. The maximum atomic E-state index is 12.3. The van der Waals surface area contributed by atoms with Gasteiger partial charge in [0.15, 0.2) is 0 Å². The van der Waals surface area contributed by atoms with Crippen LogP contribution in [0.3, 0.4) is 0 Å². The van der Waals surface area contributed by atoms with E-state index in [4.69, 9.17) is 0 Å². The fraction of sp³-hybridized carbons (Fsp3) is 0.294. The molecule has 0 saturated carbocycles. The molecule has 3 nitrogen and oxygen atoms in total. The molecule has 2 aromatic rings. The molecule has 1 heterocycles. The number of pyridine rings is 1. The van der Waals surface area contributed by atoms with Crippen molar-refractivity contribution in [3.63, 3.8) is 0 Å². The van der Waals surface area contributed by atoms with Crippen LogP contribution in [0.15, 0.2) is 54.9 Å². The molecule has 0 fully saturated rings. The first-order chi connectivity index (χ1) is 9.66. The average molecular weight is 268 g/mol. The van der Waals surface area contributed by atoms with Crippen molar-refractivity contribution in [2.75, 3.05) is 0 Å². The van der Waals surface area contributed by atoms with Crippen LogP contribution in [0.5, 0.6) is 0 Å². The molecular formula is C17H20N2O. The van der Waals surface area contributed by atoms with Gasteiger partial charge in [0.2, 0.25) is 0 Å². The summed E-state index contributed by atoms with van der Waals surface area (Å²) in [4.78, 5) is 16.2. The summed E-state index contributed by atoms with van der Waals surface area (Å²) in [6.07, 6.45) is 4.17. The Morgan fingerprint density at radius 2 is 1.90 bits per heavy atom. The second-order valence-corrected chi connectivity index (χ2v) is 5.31. The predicted octanol–water partition coefficient (Wildman–Crippen LogP) is 3.60. The molecule has 1 N–H and O–H groups in total. The quantitative estimate of drug-likeness (QED) is 0.900. The molecule has 20 heavy (non-hydrogen) atoms. The van der Waals surface area contributed by atoms with Crippen molar-refractivity contribution in [2.45, 2.75) is 26.3 Å². The molecule has 0 unspecified atom stereocenters. The lowest BCUT2D eigenvalue weighted by atomic mass is 9.97. The molecule has 2 rings (SSSR count). The molecule has 1 aromatic heterocycles. The number of amides is 1. The summed E-state index contributed by atoms with van der Waals surface area (Å²) < 4.78 is 0. The van der Waals surface area contributed by atoms with E-state index in [1.807, 2.05) is 18.2 Å². The Kier molecular flexibility index (Phi) is 4.88. The van der Waals surface area contributed by atoms with Crippen LogP contribution in [0.25, 0.3) is 0 Å². The second kappa shape index (κ2) is 6.85. The van der Waals surface area contributed by atoms with E-state index in [-0.39, 0.29) is 11.9 Å². The Bertz CT molecular complexity index is 537. The van der Waals surface area contributed by atoms with Crippen molar-refractivity contribution in [3.05, 3.63) is 66.0 Å².